The van der Waals surface area contributed by atoms with Gasteiger partial charge in [0, 0.05) is 16.7 Å². The molecule has 0 bridgehead atoms. The molecule has 0 radical (unpaired) electrons. The molecule has 6 nitrogen and oxygen atoms in total. The van der Waals surface area contributed by atoms with Gasteiger partial charge in [-0.05, 0) is 28.0 Å². The molecule has 5 rings (SSSR count). The van der Waals surface area contributed by atoms with Gasteiger partial charge in [0.15, 0.2) is 0 Å². The third-order valence-corrected chi connectivity index (χ3v) is 8.38. The summed E-state index contributed by atoms with van der Waals surface area (Å²) >= 11 is 0. The highest BCUT2D eigenvalue weighted by Crippen LogP contribution is 2.39. The molecule has 1 N–H and O–H groups in total. The standard InChI is InChI=1S/C29H22O6S2/c30-36(31,32)29(25-19-18-21-10-7-8-15-24(21)20-25)35-37(33,34)28-26(22-11-3-1-4-12-22)16-9-17-27(28)23-13-5-2-6-14-23/h1-20,29H,(H,30,31,32). The second-order valence-electron chi connectivity index (χ2n) is 8.42. The zero-order valence-corrected chi connectivity index (χ0v) is 21.1. The van der Waals surface area contributed by atoms with Gasteiger partial charge in [-0.25, -0.2) is 4.18 Å². The van der Waals surface area contributed by atoms with Crippen LogP contribution in [0.2, 0.25) is 0 Å². The maximum Gasteiger partial charge on any atom is 0.299 e. The molecule has 0 aliphatic carbocycles. The smallest absolute Gasteiger partial charge is 0.283 e. The fraction of sp³-hybridized carbons (Fsp3) is 0.0345. The Balaban J connectivity index is 1.70. The predicted octanol–water partition coefficient (Wildman–Crippen LogP) is 6.47. The Hall–Kier alpha value is -3.82. The Morgan fingerprint density at radius 3 is 1.62 bits per heavy atom. The van der Waals surface area contributed by atoms with Gasteiger partial charge in [-0.2, -0.15) is 16.8 Å². The van der Waals surface area contributed by atoms with Gasteiger partial charge in [-0.1, -0.05) is 115 Å². The maximum absolute atomic E-state index is 13.9. The summed E-state index contributed by atoms with van der Waals surface area (Å²) in [5.74, 6) is 0. The Kier molecular flexibility index (Phi) is 6.66. The molecule has 0 saturated carbocycles. The van der Waals surface area contributed by atoms with Gasteiger partial charge in [0.2, 0.25) is 5.44 Å². The second kappa shape index (κ2) is 9.91. The highest BCUT2D eigenvalue weighted by molar-refractivity contribution is 7.89. The number of hydrogen-bond donors (Lipinski definition) is 1. The third kappa shape index (κ3) is 5.19. The molecule has 0 aromatic heterocycles. The summed E-state index contributed by atoms with van der Waals surface area (Å²) in [6.45, 7) is 0. The van der Waals surface area contributed by atoms with E-state index in [9.17, 15) is 21.4 Å². The summed E-state index contributed by atoms with van der Waals surface area (Å²) < 4.78 is 68.2. The average molecular weight is 531 g/mol. The fourth-order valence-corrected chi connectivity index (χ4v) is 6.84. The highest BCUT2D eigenvalue weighted by Gasteiger charge is 2.35. The van der Waals surface area contributed by atoms with Crippen LogP contribution in [0.4, 0.5) is 0 Å². The largest absolute Gasteiger partial charge is 0.299 e. The molecular formula is C29H22O6S2. The van der Waals surface area contributed by atoms with Crippen molar-refractivity contribution < 1.29 is 25.6 Å². The fourth-order valence-electron chi connectivity index (χ4n) is 4.29. The van der Waals surface area contributed by atoms with Crippen molar-refractivity contribution in [1.29, 1.82) is 0 Å². The van der Waals surface area contributed by atoms with Crippen molar-refractivity contribution in [2.24, 2.45) is 0 Å². The summed E-state index contributed by atoms with van der Waals surface area (Å²) in [5, 5.41) is 1.49. The summed E-state index contributed by atoms with van der Waals surface area (Å²) in [6.07, 6.45) is 0. The van der Waals surface area contributed by atoms with Crippen molar-refractivity contribution in [3.63, 3.8) is 0 Å². The quantitative estimate of drug-likeness (QED) is 0.191. The first-order valence-electron chi connectivity index (χ1n) is 11.4. The van der Waals surface area contributed by atoms with Crippen molar-refractivity contribution in [2.75, 3.05) is 0 Å². The van der Waals surface area contributed by atoms with Gasteiger partial charge in [-0.15, -0.1) is 0 Å². The molecule has 186 valence electrons. The molecule has 1 atom stereocenters. The zero-order valence-electron chi connectivity index (χ0n) is 19.4. The van der Waals surface area contributed by atoms with Gasteiger partial charge >= 0.3 is 0 Å². The molecule has 5 aromatic carbocycles. The predicted molar refractivity (Wildman–Crippen MR) is 144 cm³/mol. The molecule has 37 heavy (non-hydrogen) atoms. The molecule has 5 aromatic rings. The lowest BCUT2D eigenvalue weighted by atomic mass is 9.99. The van der Waals surface area contributed by atoms with Crippen LogP contribution in [0.25, 0.3) is 33.0 Å². The van der Waals surface area contributed by atoms with E-state index in [1.165, 1.54) is 12.1 Å². The normalized spacial score (nSPS) is 12.9. The van der Waals surface area contributed by atoms with Crippen LogP contribution in [0.3, 0.4) is 0 Å². The maximum atomic E-state index is 13.9. The minimum absolute atomic E-state index is 0.0109. The lowest BCUT2D eigenvalue weighted by Crippen LogP contribution is -2.21. The minimum atomic E-state index is -4.98. The summed E-state index contributed by atoms with van der Waals surface area (Å²) in [7, 11) is -9.72. The first-order chi connectivity index (χ1) is 17.7. The van der Waals surface area contributed by atoms with E-state index in [1.54, 1.807) is 84.9 Å². The van der Waals surface area contributed by atoms with Crippen LogP contribution in [-0.4, -0.2) is 21.4 Å². The van der Waals surface area contributed by atoms with Crippen molar-refractivity contribution in [3.05, 3.63) is 127 Å². The van der Waals surface area contributed by atoms with E-state index in [2.05, 4.69) is 0 Å². The van der Waals surface area contributed by atoms with Gasteiger partial charge in [0.05, 0.1) is 0 Å². The number of benzene rings is 5. The van der Waals surface area contributed by atoms with E-state index >= 15 is 0 Å². The Morgan fingerprint density at radius 1 is 0.568 bits per heavy atom. The molecule has 0 amide bonds. The van der Waals surface area contributed by atoms with Gasteiger partial charge < -0.3 is 0 Å². The van der Waals surface area contributed by atoms with Gasteiger partial charge in [-0.3, -0.25) is 4.55 Å². The number of hydrogen-bond acceptors (Lipinski definition) is 5. The molecule has 1 unspecified atom stereocenters. The molecule has 8 heteroatoms. The lowest BCUT2D eigenvalue weighted by Gasteiger charge is -2.20. The molecular weight excluding hydrogens is 508 g/mol. The second-order valence-corrected chi connectivity index (χ2v) is 11.4. The van der Waals surface area contributed by atoms with E-state index in [0.29, 0.717) is 27.6 Å². The van der Waals surface area contributed by atoms with Gasteiger partial charge in [0.1, 0.15) is 4.90 Å². The zero-order chi connectivity index (χ0) is 26.0. The van der Waals surface area contributed by atoms with Crippen molar-refractivity contribution in [1.82, 2.24) is 0 Å². The minimum Gasteiger partial charge on any atom is -0.283 e. The lowest BCUT2D eigenvalue weighted by molar-refractivity contribution is 0.267. The average Bonchev–Trinajstić information content (AvgIpc) is 2.91. The molecule has 0 aliphatic rings. The summed E-state index contributed by atoms with van der Waals surface area (Å²) in [4.78, 5) is -0.193. The highest BCUT2D eigenvalue weighted by atomic mass is 32.2. The summed E-state index contributed by atoms with van der Waals surface area (Å²) in [5.41, 5.74) is -0.268. The molecule has 0 aliphatic heterocycles. The van der Waals surface area contributed by atoms with Crippen LogP contribution in [0.5, 0.6) is 0 Å². The van der Waals surface area contributed by atoms with E-state index in [4.69, 9.17) is 4.18 Å². The monoisotopic (exact) mass is 530 g/mol. The molecule has 0 saturated heterocycles. The van der Waals surface area contributed by atoms with Gasteiger partial charge in [0.25, 0.3) is 20.2 Å². The topological polar surface area (TPSA) is 97.7 Å². The van der Waals surface area contributed by atoms with Crippen molar-refractivity contribution >= 4 is 31.0 Å². The van der Waals surface area contributed by atoms with Crippen LogP contribution in [0.15, 0.2) is 126 Å². The van der Waals surface area contributed by atoms with Crippen LogP contribution in [0, 0.1) is 0 Å². The first kappa shape index (κ1) is 24.9. The van der Waals surface area contributed by atoms with Crippen LogP contribution in [-0.2, 0) is 24.4 Å². The number of rotatable bonds is 7. The molecule has 0 heterocycles. The van der Waals surface area contributed by atoms with Crippen LogP contribution >= 0.6 is 0 Å². The van der Waals surface area contributed by atoms with E-state index in [-0.39, 0.29) is 10.5 Å². The van der Waals surface area contributed by atoms with Crippen molar-refractivity contribution in [3.8, 4) is 22.3 Å². The third-order valence-electron chi connectivity index (χ3n) is 5.96. The Bertz CT molecular complexity index is 1730. The van der Waals surface area contributed by atoms with E-state index < -0.39 is 25.7 Å². The first-order valence-corrected chi connectivity index (χ1v) is 14.3. The Labute approximate surface area is 215 Å². The molecule has 0 fully saturated rings. The van der Waals surface area contributed by atoms with E-state index in [1.807, 2.05) is 24.3 Å². The van der Waals surface area contributed by atoms with E-state index in [0.717, 1.165) is 5.39 Å². The summed E-state index contributed by atoms with van der Waals surface area (Å²) in [6, 6.07) is 34.5. The Morgan fingerprint density at radius 2 is 1.08 bits per heavy atom. The molecule has 0 spiro atoms. The van der Waals surface area contributed by atoms with Crippen LogP contribution in [0.1, 0.15) is 11.0 Å². The number of fused-ring (bicyclic) bond motifs is 1. The van der Waals surface area contributed by atoms with Crippen LogP contribution < -0.4 is 0 Å². The SMILES string of the molecule is O=S(=O)(OC(c1ccc2ccccc2c1)S(=O)(=O)O)c1c(-c2ccccc2)cccc1-c1ccccc1. The van der Waals surface area contributed by atoms with Crippen molar-refractivity contribution in [2.45, 2.75) is 10.3 Å².